The number of anilines is 2. The minimum absolute atomic E-state index is 0.0650. The number of carbonyl (C=O) groups is 1. The van der Waals surface area contributed by atoms with E-state index in [-0.39, 0.29) is 23.8 Å². The van der Waals surface area contributed by atoms with Crippen LogP contribution in [-0.2, 0) is 4.74 Å². The first-order chi connectivity index (χ1) is 19.0. The molecule has 1 saturated heterocycles. The first-order valence-electron chi connectivity index (χ1n) is 13.1. The van der Waals surface area contributed by atoms with Crippen LogP contribution >= 0.6 is 0 Å². The number of fused-ring (bicyclic) bond motifs is 5. The zero-order valence-electron chi connectivity index (χ0n) is 22.6. The van der Waals surface area contributed by atoms with Crippen LogP contribution in [0.15, 0.2) is 30.5 Å². The maximum atomic E-state index is 15.1. The van der Waals surface area contributed by atoms with Crippen molar-refractivity contribution < 1.29 is 18.7 Å². The summed E-state index contributed by atoms with van der Waals surface area (Å²) in [6.07, 6.45) is 2.59. The van der Waals surface area contributed by atoms with Crippen molar-refractivity contribution >= 4 is 39.5 Å². The van der Waals surface area contributed by atoms with Crippen LogP contribution in [0.5, 0.6) is 11.8 Å². The zero-order chi connectivity index (χ0) is 28.3. The second-order valence-corrected chi connectivity index (χ2v) is 11.4. The van der Waals surface area contributed by atoms with Crippen LogP contribution < -0.4 is 20.3 Å². The van der Waals surface area contributed by atoms with Gasteiger partial charge >= 0.3 is 12.1 Å². The Morgan fingerprint density at radius 3 is 2.70 bits per heavy atom. The van der Waals surface area contributed by atoms with Crippen LogP contribution in [0.2, 0.25) is 0 Å². The predicted octanol–water partition coefficient (Wildman–Crippen LogP) is 4.61. The number of nitrogens with two attached hydrogens (primary N) is 1. The number of benzene rings is 1. The van der Waals surface area contributed by atoms with E-state index in [0.717, 1.165) is 12.8 Å². The number of H-pyrrole nitrogens is 1. The highest BCUT2D eigenvalue weighted by Crippen LogP contribution is 2.44. The third kappa shape index (κ3) is 4.52. The molecule has 2 bridgehead atoms. The van der Waals surface area contributed by atoms with Gasteiger partial charge in [0.05, 0.1) is 22.8 Å². The molecule has 1 aromatic carbocycles. The van der Waals surface area contributed by atoms with Crippen molar-refractivity contribution in [3.63, 3.8) is 0 Å². The van der Waals surface area contributed by atoms with Gasteiger partial charge in [0.25, 0.3) is 0 Å². The largest absolute Gasteiger partial charge is 0.443 e. The maximum absolute atomic E-state index is 15.1. The van der Waals surface area contributed by atoms with Gasteiger partial charge in [0, 0.05) is 31.1 Å². The number of hydrogen-bond acceptors (Lipinski definition) is 9. The molecule has 40 heavy (non-hydrogen) atoms. The van der Waals surface area contributed by atoms with Crippen molar-refractivity contribution in [1.29, 1.82) is 5.26 Å². The van der Waals surface area contributed by atoms with Gasteiger partial charge in [-0.05, 0) is 63.8 Å². The van der Waals surface area contributed by atoms with Crippen LogP contribution in [0.4, 0.5) is 20.7 Å². The Bertz CT molecular complexity index is 1670. The fourth-order valence-electron chi connectivity index (χ4n) is 5.62. The number of ether oxygens (including phenoxy) is 2. The van der Waals surface area contributed by atoms with E-state index in [1.54, 1.807) is 32.9 Å². The molecule has 4 aromatic rings. The number of nitrogens with one attached hydrogen (secondary N) is 1. The molecule has 206 valence electrons. The second-order valence-electron chi connectivity index (χ2n) is 11.4. The van der Waals surface area contributed by atoms with Crippen molar-refractivity contribution in [3.8, 4) is 17.8 Å². The van der Waals surface area contributed by atoms with Crippen LogP contribution in [-0.4, -0.2) is 57.3 Å². The smallest absolute Gasteiger partial charge is 0.414 e. The van der Waals surface area contributed by atoms with Crippen LogP contribution in [0, 0.1) is 23.1 Å². The molecule has 0 spiro atoms. The van der Waals surface area contributed by atoms with E-state index >= 15 is 4.39 Å². The SMILES string of the molecule is CN(C(=O)OC(C)(C)C)c1cc(F)cc2c1[nH]c1nc(Oc3ccc(C#N)nc3)nc(N3C[C@H]4C[C@@H]3C[C@H]4N)c12. The van der Waals surface area contributed by atoms with E-state index in [1.807, 2.05) is 6.07 Å². The molecule has 2 aliphatic rings. The highest BCUT2D eigenvalue weighted by Gasteiger charge is 2.44. The van der Waals surface area contributed by atoms with Gasteiger partial charge in [0.1, 0.15) is 40.4 Å². The minimum Gasteiger partial charge on any atom is -0.443 e. The predicted molar refractivity (Wildman–Crippen MR) is 147 cm³/mol. The lowest BCUT2D eigenvalue weighted by molar-refractivity contribution is 0.0589. The Hall–Kier alpha value is -4.50. The van der Waals surface area contributed by atoms with E-state index in [9.17, 15) is 4.79 Å². The van der Waals surface area contributed by atoms with Crippen LogP contribution in [0.3, 0.4) is 0 Å². The lowest BCUT2D eigenvalue weighted by atomic mass is 10.0. The van der Waals surface area contributed by atoms with Gasteiger partial charge in [-0.15, -0.1) is 0 Å². The molecule has 2 fully saturated rings. The van der Waals surface area contributed by atoms with Gasteiger partial charge in [-0.25, -0.2) is 14.2 Å². The number of piperidine rings is 1. The van der Waals surface area contributed by atoms with Crippen molar-refractivity contribution in [3.05, 3.63) is 42.0 Å². The number of aromatic nitrogens is 4. The molecule has 0 unspecified atom stereocenters. The summed E-state index contributed by atoms with van der Waals surface area (Å²) in [6, 6.07) is 8.21. The average molecular weight is 545 g/mol. The lowest BCUT2D eigenvalue weighted by Crippen LogP contribution is -2.41. The highest BCUT2D eigenvalue weighted by molar-refractivity contribution is 6.16. The van der Waals surface area contributed by atoms with E-state index in [0.29, 0.717) is 51.7 Å². The quantitative estimate of drug-likeness (QED) is 0.376. The normalized spacial score (nSPS) is 20.2. The first kappa shape index (κ1) is 25.8. The monoisotopic (exact) mass is 544 g/mol. The molecule has 3 atom stereocenters. The number of nitrogens with zero attached hydrogens (tertiary/aromatic N) is 6. The number of amides is 1. The molecule has 3 aromatic heterocycles. The third-order valence-corrected chi connectivity index (χ3v) is 7.42. The van der Waals surface area contributed by atoms with Crippen molar-refractivity contribution in [1.82, 2.24) is 19.9 Å². The fraction of sp³-hybridized carbons (Fsp3) is 0.393. The minimum atomic E-state index is -0.723. The number of halogens is 1. The zero-order valence-corrected chi connectivity index (χ0v) is 22.6. The number of nitriles is 1. The number of aromatic amines is 1. The summed E-state index contributed by atoms with van der Waals surface area (Å²) >= 11 is 0. The average Bonchev–Trinajstić information content (AvgIpc) is 3.59. The maximum Gasteiger partial charge on any atom is 0.414 e. The summed E-state index contributed by atoms with van der Waals surface area (Å²) in [5.74, 6) is 0.780. The summed E-state index contributed by atoms with van der Waals surface area (Å²) in [7, 11) is 1.54. The van der Waals surface area contributed by atoms with E-state index in [4.69, 9.17) is 25.5 Å². The first-order valence-corrected chi connectivity index (χ1v) is 13.1. The molecule has 12 heteroatoms. The van der Waals surface area contributed by atoms with Crippen molar-refractivity contribution in [2.24, 2.45) is 11.7 Å². The molecule has 6 rings (SSSR count). The summed E-state index contributed by atoms with van der Waals surface area (Å²) in [6.45, 7) is 6.02. The van der Waals surface area contributed by atoms with Crippen LogP contribution in [0.25, 0.3) is 21.9 Å². The van der Waals surface area contributed by atoms with E-state index in [1.165, 1.54) is 30.3 Å². The molecule has 1 aliphatic heterocycles. The standard InChI is InChI=1S/C28H29FN8O3/c1-28(2,3)40-27(38)36(4)21-9-15(29)8-19-22-24(33-23(19)21)34-26(39-18-6-5-16(11-30)32-12-18)35-25(22)37-13-14-7-17(37)10-20(14)31/h5-6,8-9,12,14,17,20H,7,10,13,31H2,1-4H3,(H,33,34,35)/t14-,17-,20-/m1/s1. The van der Waals surface area contributed by atoms with Gasteiger partial charge < -0.3 is 25.1 Å². The van der Waals surface area contributed by atoms with Crippen molar-refractivity contribution in [2.45, 2.75) is 51.3 Å². The summed E-state index contributed by atoms with van der Waals surface area (Å²) < 4.78 is 26.6. The second kappa shape index (κ2) is 9.31. The van der Waals surface area contributed by atoms with Crippen molar-refractivity contribution in [2.75, 3.05) is 23.4 Å². The lowest BCUT2D eigenvalue weighted by Gasteiger charge is -2.31. The third-order valence-electron chi connectivity index (χ3n) is 7.42. The summed E-state index contributed by atoms with van der Waals surface area (Å²) in [4.78, 5) is 33.1. The van der Waals surface area contributed by atoms with E-state index in [2.05, 4.69) is 19.9 Å². The number of carbonyl (C=O) groups excluding carboxylic acids is 1. The molecular weight excluding hydrogens is 515 g/mol. The van der Waals surface area contributed by atoms with Gasteiger partial charge in [-0.2, -0.15) is 15.2 Å². The summed E-state index contributed by atoms with van der Waals surface area (Å²) in [5, 5.41) is 10.2. The van der Waals surface area contributed by atoms with E-state index < -0.39 is 17.5 Å². The Morgan fingerprint density at radius 1 is 1.27 bits per heavy atom. The fourth-order valence-corrected chi connectivity index (χ4v) is 5.62. The molecule has 4 heterocycles. The van der Waals surface area contributed by atoms with Gasteiger partial charge in [-0.1, -0.05) is 0 Å². The topological polar surface area (TPSA) is 146 Å². The van der Waals surface area contributed by atoms with Gasteiger partial charge in [0.2, 0.25) is 0 Å². The molecule has 1 saturated carbocycles. The molecule has 1 aliphatic carbocycles. The molecular formula is C28H29FN8O3. The molecule has 0 radical (unpaired) electrons. The Labute approximate surface area is 229 Å². The van der Waals surface area contributed by atoms with Gasteiger partial charge in [-0.3, -0.25) is 4.90 Å². The molecule has 1 amide bonds. The Kier molecular flexibility index (Phi) is 5.99. The number of hydrogen-bond donors (Lipinski definition) is 2. The number of rotatable bonds is 4. The highest BCUT2D eigenvalue weighted by atomic mass is 19.1. The number of pyridine rings is 1. The Morgan fingerprint density at radius 2 is 2.08 bits per heavy atom. The summed E-state index contributed by atoms with van der Waals surface area (Å²) in [5.41, 5.74) is 7.10. The van der Waals surface area contributed by atoms with Crippen LogP contribution in [0.1, 0.15) is 39.3 Å². The Balaban J connectivity index is 1.50. The van der Waals surface area contributed by atoms with Gasteiger partial charge in [0.15, 0.2) is 0 Å². The molecule has 3 N–H and O–H groups in total. The molecule has 11 nitrogen and oxygen atoms in total.